The number of nitrogens with one attached hydrogen (secondary N) is 1. The van der Waals surface area contributed by atoms with Crippen LogP contribution in [0.15, 0.2) is 6.07 Å². The topological polar surface area (TPSA) is 82.3 Å². The molecule has 0 saturated heterocycles. The zero-order chi connectivity index (χ0) is 13.7. The minimum atomic E-state index is -0.357. The van der Waals surface area contributed by atoms with Gasteiger partial charge in [0.1, 0.15) is 11.4 Å². The molecule has 0 atom stereocenters. The Balaban J connectivity index is 2.37. The first-order valence-electron chi connectivity index (χ1n) is 6.72. The Bertz CT molecular complexity index is 419. The molecule has 0 spiro atoms. The van der Waals surface area contributed by atoms with Gasteiger partial charge in [-0.1, -0.05) is 0 Å². The van der Waals surface area contributed by atoms with Crippen LogP contribution in [0.2, 0.25) is 0 Å². The zero-order valence-corrected chi connectivity index (χ0v) is 11.6. The van der Waals surface area contributed by atoms with Crippen LogP contribution < -0.4 is 11.3 Å². The lowest BCUT2D eigenvalue weighted by atomic mass is 10.0. The highest BCUT2D eigenvalue weighted by Crippen LogP contribution is 2.40. The van der Waals surface area contributed by atoms with Crippen molar-refractivity contribution in [2.75, 3.05) is 19.1 Å². The third-order valence-corrected chi connectivity index (χ3v) is 3.46. The van der Waals surface area contributed by atoms with Gasteiger partial charge in [0, 0.05) is 19.8 Å². The maximum absolute atomic E-state index is 5.97. The Kier molecular flexibility index (Phi) is 4.68. The summed E-state index contributed by atoms with van der Waals surface area (Å²) in [7, 11) is 1.64. The molecule has 0 bridgehead atoms. The summed E-state index contributed by atoms with van der Waals surface area (Å²) in [5.74, 6) is 6.79. The third-order valence-electron chi connectivity index (χ3n) is 3.46. The summed E-state index contributed by atoms with van der Waals surface area (Å²) >= 11 is 0. The molecule has 106 valence electrons. The number of methoxy groups -OCH3 is 1. The van der Waals surface area contributed by atoms with Gasteiger partial charge in [0.2, 0.25) is 0 Å². The summed E-state index contributed by atoms with van der Waals surface area (Å²) in [5.41, 5.74) is 3.04. The third kappa shape index (κ3) is 3.02. The molecule has 0 aliphatic heterocycles. The van der Waals surface area contributed by atoms with Gasteiger partial charge in [-0.3, -0.25) is 0 Å². The van der Waals surface area contributed by atoms with Crippen molar-refractivity contribution >= 4 is 5.82 Å². The second-order valence-corrected chi connectivity index (χ2v) is 4.78. The monoisotopic (exact) mass is 266 g/mol. The molecule has 0 radical (unpaired) electrons. The zero-order valence-electron chi connectivity index (χ0n) is 11.6. The molecule has 0 amide bonds. The van der Waals surface area contributed by atoms with Crippen molar-refractivity contribution in [1.29, 1.82) is 0 Å². The molecule has 1 aliphatic rings. The summed E-state index contributed by atoms with van der Waals surface area (Å²) in [5, 5.41) is 0. The Hall–Kier alpha value is -1.24. The van der Waals surface area contributed by atoms with Crippen LogP contribution in [0.4, 0.5) is 5.82 Å². The Morgan fingerprint density at radius 2 is 2.11 bits per heavy atom. The maximum Gasteiger partial charge on any atom is 0.163 e. The van der Waals surface area contributed by atoms with Crippen LogP contribution in [0.5, 0.6) is 0 Å². The quantitative estimate of drug-likeness (QED) is 0.602. The second-order valence-electron chi connectivity index (χ2n) is 4.78. The minimum Gasteiger partial charge on any atom is -0.378 e. The largest absolute Gasteiger partial charge is 0.378 e. The average Bonchev–Trinajstić information content (AvgIpc) is 2.89. The summed E-state index contributed by atoms with van der Waals surface area (Å²) in [4.78, 5) is 9.07. The summed E-state index contributed by atoms with van der Waals surface area (Å²) in [6.45, 7) is 3.09. The summed E-state index contributed by atoms with van der Waals surface area (Å²) < 4.78 is 11.1. The number of nitrogen functional groups attached to an aromatic ring is 1. The van der Waals surface area contributed by atoms with Crippen LogP contribution in [-0.4, -0.2) is 23.7 Å². The van der Waals surface area contributed by atoms with Gasteiger partial charge in [-0.15, -0.1) is 0 Å². The van der Waals surface area contributed by atoms with Gasteiger partial charge < -0.3 is 14.9 Å². The molecule has 1 aromatic heterocycles. The van der Waals surface area contributed by atoms with E-state index in [-0.39, 0.29) is 5.60 Å². The van der Waals surface area contributed by atoms with E-state index in [0.717, 1.165) is 31.4 Å². The Labute approximate surface area is 113 Å². The van der Waals surface area contributed by atoms with Crippen LogP contribution in [-0.2, 0) is 21.7 Å². The number of nitrogens with zero attached hydrogens (tertiary/aromatic N) is 2. The van der Waals surface area contributed by atoms with Crippen LogP contribution in [0.1, 0.15) is 44.1 Å². The molecule has 6 nitrogen and oxygen atoms in total. The van der Waals surface area contributed by atoms with Gasteiger partial charge in [0.05, 0.1) is 12.3 Å². The number of nitrogens with two attached hydrogens (primary N) is 1. The number of hydrogen-bond acceptors (Lipinski definition) is 6. The molecule has 3 N–H and O–H groups in total. The molecule has 1 aliphatic carbocycles. The maximum atomic E-state index is 5.97. The van der Waals surface area contributed by atoms with Crippen molar-refractivity contribution in [3.63, 3.8) is 0 Å². The predicted octanol–water partition coefficient (Wildman–Crippen LogP) is 1.71. The smallest absolute Gasteiger partial charge is 0.163 e. The van der Waals surface area contributed by atoms with Crippen LogP contribution >= 0.6 is 0 Å². The van der Waals surface area contributed by atoms with E-state index in [9.17, 15) is 0 Å². The number of hydrazine groups is 1. The highest BCUT2D eigenvalue weighted by molar-refractivity contribution is 5.35. The number of ether oxygens (including phenoxy) is 2. The first-order chi connectivity index (χ1) is 9.24. The fourth-order valence-electron chi connectivity index (χ4n) is 2.65. The van der Waals surface area contributed by atoms with Gasteiger partial charge in [-0.2, -0.15) is 0 Å². The molecule has 0 aromatic carbocycles. The molecule has 19 heavy (non-hydrogen) atoms. The van der Waals surface area contributed by atoms with Crippen molar-refractivity contribution < 1.29 is 9.47 Å². The van der Waals surface area contributed by atoms with Crippen LogP contribution in [0, 0.1) is 0 Å². The molecular formula is C13H22N4O2. The summed E-state index contributed by atoms with van der Waals surface area (Å²) in [6, 6.07) is 1.79. The Morgan fingerprint density at radius 3 is 2.68 bits per heavy atom. The van der Waals surface area contributed by atoms with E-state index in [4.69, 9.17) is 15.3 Å². The van der Waals surface area contributed by atoms with E-state index < -0.39 is 0 Å². The molecule has 1 fully saturated rings. The lowest BCUT2D eigenvalue weighted by Gasteiger charge is -2.27. The van der Waals surface area contributed by atoms with E-state index in [2.05, 4.69) is 15.4 Å². The highest BCUT2D eigenvalue weighted by atomic mass is 16.5. The Morgan fingerprint density at radius 1 is 1.37 bits per heavy atom. The summed E-state index contributed by atoms with van der Waals surface area (Å²) in [6.07, 6.45) is 4.20. The SMILES string of the molecule is CCOC1(c2nc(COC)cc(NN)n2)CCCC1. The minimum absolute atomic E-state index is 0.357. The van der Waals surface area contributed by atoms with Crippen molar-refractivity contribution in [2.45, 2.75) is 44.8 Å². The molecule has 2 rings (SSSR count). The van der Waals surface area contributed by atoms with Gasteiger partial charge >= 0.3 is 0 Å². The van der Waals surface area contributed by atoms with Crippen molar-refractivity contribution in [1.82, 2.24) is 9.97 Å². The number of hydrogen-bond donors (Lipinski definition) is 2. The van der Waals surface area contributed by atoms with Crippen molar-refractivity contribution in [3.8, 4) is 0 Å². The highest BCUT2D eigenvalue weighted by Gasteiger charge is 2.39. The van der Waals surface area contributed by atoms with Gasteiger partial charge in [0.25, 0.3) is 0 Å². The fourth-order valence-corrected chi connectivity index (χ4v) is 2.65. The molecule has 6 heteroatoms. The van der Waals surface area contributed by atoms with E-state index in [1.807, 2.05) is 6.92 Å². The van der Waals surface area contributed by atoms with Crippen LogP contribution in [0.25, 0.3) is 0 Å². The number of anilines is 1. The van der Waals surface area contributed by atoms with E-state index in [0.29, 0.717) is 24.9 Å². The predicted molar refractivity (Wildman–Crippen MR) is 72.3 cm³/mol. The van der Waals surface area contributed by atoms with E-state index in [1.54, 1.807) is 13.2 Å². The fraction of sp³-hybridized carbons (Fsp3) is 0.692. The van der Waals surface area contributed by atoms with Gasteiger partial charge in [-0.05, 0) is 32.6 Å². The number of aromatic nitrogens is 2. The lowest BCUT2D eigenvalue weighted by Crippen LogP contribution is -2.30. The molecular weight excluding hydrogens is 244 g/mol. The first kappa shape index (κ1) is 14.2. The van der Waals surface area contributed by atoms with E-state index >= 15 is 0 Å². The second kappa shape index (κ2) is 6.27. The molecule has 0 unspecified atom stereocenters. The van der Waals surface area contributed by atoms with Crippen LogP contribution in [0.3, 0.4) is 0 Å². The van der Waals surface area contributed by atoms with E-state index in [1.165, 1.54) is 0 Å². The van der Waals surface area contributed by atoms with Gasteiger partial charge in [-0.25, -0.2) is 15.8 Å². The number of rotatable bonds is 6. The average molecular weight is 266 g/mol. The van der Waals surface area contributed by atoms with Gasteiger partial charge in [0.15, 0.2) is 5.82 Å². The molecule has 1 saturated carbocycles. The standard InChI is InChI=1S/C13H22N4O2/c1-3-19-13(6-4-5-7-13)12-15-10(9-18-2)8-11(16-12)17-14/h8H,3-7,9,14H2,1-2H3,(H,15,16,17). The normalized spacial score (nSPS) is 17.6. The van der Waals surface area contributed by atoms with Crippen molar-refractivity contribution in [3.05, 3.63) is 17.6 Å². The molecule has 1 heterocycles. The molecule has 1 aromatic rings. The lowest BCUT2D eigenvalue weighted by molar-refractivity contribution is -0.0459. The van der Waals surface area contributed by atoms with Crippen molar-refractivity contribution in [2.24, 2.45) is 5.84 Å². The first-order valence-corrected chi connectivity index (χ1v) is 6.72.